The maximum Gasteiger partial charge on any atom is 0.172 e. The van der Waals surface area contributed by atoms with Gasteiger partial charge in [0.25, 0.3) is 0 Å². The Kier molecular flexibility index (Phi) is 6.45. The summed E-state index contributed by atoms with van der Waals surface area (Å²) in [5.41, 5.74) is 8.33. The Labute approximate surface area is 158 Å². The number of thiocarbonyl (C=S) groups is 1. The first kappa shape index (κ1) is 19.3. The van der Waals surface area contributed by atoms with Crippen LogP contribution in [0.15, 0.2) is 47.4 Å². The summed E-state index contributed by atoms with van der Waals surface area (Å²) in [5, 5.41) is 18.8. The molecule has 4 N–H and O–H groups in total. The van der Waals surface area contributed by atoms with Crippen molar-refractivity contribution in [2.24, 2.45) is 5.73 Å². The highest BCUT2D eigenvalue weighted by Gasteiger charge is 2.19. The molecule has 2 rings (SSSR count). The van der Waals surface area contributed by atoms with E-state index < -0.39 is 0 Å². The highest BCUT2D eigenvalue weighted by atomic mass is 32.2. The van der Waals surface area contributed by atoms with E-state index in [1.807, 2.05) is 42.7 Å². The number of nitrogens with two attached hydrogens (primary N) is 1. The summed E-state index contributed by atoms with van der Waals surface area (Å²) in [4.78, 5) is 2.70. The molecule has 0 atom stereocenters. The molecule has 0 aliphatic rings. The predicted molar refractivity (Wildman–Crippen MR) is 110 cm³/mol. The molecule has 0 saturated heterocycles. The molecular weight excluding hydrogens is 350 g/mol. The Morgan fingerprint density at radius 1 is 1.24 bits per heavy atom. The second-order valence-corrected chi connectivity index (χ2v) is 7.35. The van der Waals surface area contributed by atoms with E-state index in [1.165, 1.54) is 9.80 Å². The van der Waals surface area contributed by atoms with E-state index >= 15 is 0 Å². The lowest BCUT2D eigenvalue weighted by molar-refractivity contribution is 0.471. The molecule has 0 aliphatic carbocycles. The fourth-order valence-corrected chi connectivity index (χ4v) is 2.99. The number of amidine groups is 1. The van der Waals surface area contributed by atoms with Crippen LogP contribution in [-0.4, -0.2) is 27.2 Å². The molecule has 2 aromatic carbocycles. The maximum absolute atomic E-state index is 10.2. The van der Waals surface area contributed by atoms with Crippen LogP contribution in [0.5, 0.6) is 5.75 Å². The van der Waals surface area contributed by atoms with Gasteiger partial charge in [0.2, 0.25) is 0 Å². The van der Waals surface area contributed by atoms with Crippen LogP contribution in [0.1, 0.15) is 36.5 Å². The summed E-state index contributed by atoms with van der Waals surface area (Å²) < 4.78 is 0. The third-order valence-corrected chi connectivity index (χ3v) is 4.94. The van der Waals surface area contributed by atoms with Gasteiger partial charge in [-0.25, -0.2) is 0 Å². The van der Waals surface area contributed by atoms with Gasteiger partial charge < -0.3 is 10.8 Å². The zero-order valence-electron chi connectivity index (χ0n) is 14.6. The van der Waals surface area contributed by atoms with Crippen LogP contribution in [0, 0.1) is 5.41 Å². The Morgan fingerprint density at radius 3 is 2.40 bits per heavy atom. The second-order valence-electron chi connectivity index (χ2n) is 6.05. The Hall–Kier alpha value is -2.05. The van der Waals surface area contributed by atoms with Gasteiger partial charge in [-0.2, -0.15) is 0 Å². The topological polar surface area (TPSA) is 73.3 Å². The number of phenols is 1. The molecule has 0 saturated carbocycles. The molecule has 2 aromatic rings. The minimum Gasteiger partial charge on any atom is -0.507 e. The third-order valence-electron chi connectivity index (χ3n) is 3.98. The fraction of sp³-hybridized carbons (Fsp3) is 0.263. The molecule has 6 heteroatoms. The van der Waals surface area contributed by atoms with Gasteiger partial charge >= 0.3 is 0 Å². The first-order valence-corrected chi connectivity index (χ1v) is 9.58. The number of thioether (sulfide) groups is 1. The summed E-state index contributed by atoms with van der Waals surface area (Å²) in [7, 11) is 0. The van der Waals surface area contributed by atoms with Crippen molar-refractivity contribution in [2.45, 2.75) is 31.2 Å². The molecule has 25 heavy (non-hydrogen) atoms. The van der Waals surface area contributed by atoms with Crippen LogP contribution < -0.4 is 5.73 Å². The van der Waals surface area contributed by atoms with Crippen molar-refractivity contribution >= 4 is 34.9 Å². The summed E-state index contributed by atoms with van der Waals surface area (Å²) in [6.07, 6.45) is 2.02. The van der Waals surface area contributed by atoms with Crippen molar-refractivity contribution in [3.63, 3.8) is 0 Å². The predicted octanol–water partition coefficient (Wildman–Crippen LogP) is 4.31. The number of phenolic OH excluding ortho intramolecular Hbond substituents is 1. The largest absolute Gasteiger partial charge is 0.507 e. The highest BCUT2D eigenvalue weighted by molar-refractivity contribution is 7.98. The summed E-state index contributed by atoms with van der Waals surface area (Å²) >= 11 is 6.82. The minimum absolute atomic E-state index is 0.0494. The minimum atomic E-state index is 0.0494. The van der Waals surface area contributed by atoms with Crippen LogP contribution in [0.2, 0.25) is 0 Å². The van der Waals surface area contributed by atoms with Crippen LogP contribution in [-0.2, 0) is 6.54 Å². The average Bonchev–Trinajstić information content (AvgIpc) is 2.59. The van der Waals surface area contributed by atoms with E-state index in [4.69, 9.17) is 23.4 Å². The Morgan fingerprint density at radius 2 is 1.88 bits per heavy atom. The van der Waals surface area contributed by atoms with E-state index in [9.17, 15) is 5.11 Å². The highest BCUT2D eigenvalue weighted by Crippen LogP contribution is 2.25. The van der Waals surface area contributed by atoms with E-state index in [-0.39, 0.29) is 16.7 Å². The van der Waals surface area contributed by atoms with Crippen LogP contribution in [0.4, 0.5) is 0 Å². The number of rotatable bonds is 5. The van der Waals surface area contributed by atoms with Gasteiger partial charge in [0.05, 0.1) is 12.1 Å². The lowest BCUT2D eigenvalue weighted by Gasteiger charge is -2.24. The molecule has 0 aromatic heterocycles. The van der Waals surface area contributed by atoms with Crippen molar-refractivity contribution in [3.05, 3.63) is 59.2 Å². The van der Waals surface area contributed by atoms with Gasteiger partial charge in [-0.15, -0.1) is 11.8 Å². The van der Waals surface area contributed by atoms with Crippen molar-refractivity contribution < 1.29 is 5.11 Å². The zero-order valence-corrected chi connectivity index (χ0v) is 16.2. The van der Waals surface area contributed by atoms with Gasteiger partial charge in [-0.05, 0) is 59.8 Å². The zero-order chi connectivity index (χ0) is 18.6. The van der Waals surface area contributed by atoms with Gasteiger partial charge in [-0.1, -0.05) is 32.0 Å². The number of benzene rings is 2. The first-order chi connectivity index (χ1) is 11.8. The molecule has 132 valence electrons. The summed E-state index contributed by atoms with van der Waals surface area (Å²) in [5.74, 6) is 0.444. The van der Waals surface area contributed by atoms with E-state index in [2.05, 4.69) is 13.8 Å². The van der Waals surface area contributed by atoms with E-state index in [0.29, 0.717) is 18.0 Å². The van der Waals surface area contributed by atoms with Crippen molar-refractivity contribution in [1.29, 1.82) is 5.41 Å². The SMILES string of the molecule is CSc1ccc(CN(C(=N)c2cc(C(C)C)ccc2O)C(N)=S)cc1. The van der Waals surface area contributed by atoms with E-state index in [0.717, 1.165) is 11.1 Å². The van der Waals surface area contributed by atoms with Crippen molar-refractivity contribution in [3.8, 4) is 5.75 Å². The first-order valence-electron chi connectivity index (χ1n) is 7.95. The van der Waals surface area contributed by atoms with Crippen LogP contribution in [0.25, 0.3) is 0 Å². The quantitative estimate of drug-likeness (QED) is 0.315. The number of nitrogens with one attached hydrogen (secondary N) is 1. The van der Waals surface area contributed by atoms with Crippen molar-refractivity contribution in [1.82, 2.24) is 4.90 Å². The maximum atomic E-state index is 10.2. The molecule has 0 fully saturated rings. The number of aromatic hydroxyl groups is 1. The molecule has 0 spiro atoms. The third kappa shape index (κ3) is 4.74. The van der Waals surface area contributed by atoms with Gasteiger partial charge in [0.15, 0.2) is 5.11 Å². The molecule has 0 unspecified atom stereocenters. The standard InChI is InChI=1S/C19H23N3OS2/c1-12(2)14-6-9-17(23)16(10-14)18(20)22(19(21)24)11-13-4-7-15(25-3)8-5-13/h4-10,12,20,23H,11H2,1-3H3,(H2,21,24). The lowest BCUT2D eigenvalue weighted by atomic mass is 9.99. The second kappa shape index (κ2) is 8.36. The van der Waals surface area contributed by atoms with Crippen LogP contribution >= 0.6 is 24.0 Å². The van der Waals surface area contributed by atoms with Crippen molar-refractivity contribution in [2.75, 3.05) is 6.26 Å². The lowest BCUT2D eigenvalue weighted by Crippen LogP contribution is -2.40. The fourth-order valence-electron chi connectivity index (χ4n) is 2.43. The molecule has 0 bridgehead atoms. The molecule has 0 heterocycles. The summed E-state index contributed by atoms with van der Waals surface area (Å²) in [6.45, 7) is 4.52. The van der Waals surface area contributed by atoms with Gasteiger partial charge in [0.1, 0.15) is 11.6 Å². The van der Waals surface area contributed by atoms with Gasteiger partial charge in [0, 0.05) is 4.90 Å². The smallest absolute Gasteiger partial charge is 0.172 e. The Balaban J connectivity index is 2.31. The number of hydrogen-bond acceptors (Lipinski definition) is 4. The van der Waals surface area contributed by atoms with E-state index in [1.54, 1.807) is 17.8 Å². The average molecular weight is 374 g/mol. The summed E-state index contributed by atoms with van der Waals surface area (Å²) in [6, 6.07) is 13.3. The molecule has 0 amide bonds. The molecule has 0 aliphatic heterocycles. The van der Waals surface area contributed by atoms with Gasteiger partial charge in [-0.3, -0.25) is 10.3 Å². The normalized spacial score (nSPS) is 10.7. The molecule has 4 nitrogen and oxygen atoms in total. The van der Waals surface area contributed by atoms with Crippen LogP contribution in [0.3, 0.4) is 0 Å². The monoisotopic (exact) mass is 373 g/mol. The molecule has 0 radical (unpaired) electrons. The number of nitrogens with zero attached hydrogens (tertiary/aromatic N) is 1. The number of hydrogen-bond donors (Lipinski definition) is 3. The Bertz CT molecular complexity index is 773. The molecular formula is C19H23N3OS2.